The van der Waals surface area contributed by atoms with Crippen molar-refractivity contribution in [2.75, 3.05) is 0 Å². The van der Waals surface area contributed by atoms with E-state index in [0.717, 1.165) is 0 Å². The van der Waals surface area contributed by atoms with E-state index in [-0.39, 0.29) is 5.56 Å². The van der Waals surface area contributed by atoms with Crippen LogP contribution < -0.4 is 0 Å². The minimum atomic E-state index is -2.90. The van der Waals surface area contributed by atoms with Gasteiger partial charge in [-0.15, -0.1) is 0 Å². The van der Waals surface area contributed by atoms with Crippen LogP contribution in [0.2, 0.25) is 0 Å². The average Bonchev–Trinajstić information content (AvgIpc) is 2.02. The van der Waals surface area contributed by atoms with Crippen LogP contribution in [0.15, 0.2) is 28.7 Å². The molecule has 0 fully saturated rings. The zero-order chi connectivity index (χ0) is 10.7. The minimum absolute atomic E-state index is 0.0990. The molecule has 0 aliphatic carbocycles. The van der Waals surface area contributed by atoms with Crippen LogP contribution in [0.25, 0.3) is 0 Å². The molecule has 1 N–H and O–H groups in total. The summed E-state index contributed by atoms with van der Waals surface area (Å²) in [7, 11) is 0. The summed E-state index contributed by atoms with van der Waals surface area (Å²) < 4.78 is 25.3. The van der Waals surface area contributed by atoms with E-state index in [1.165, 1.54) is 18.2 Å². The van der Waals surface area contributed by atoms with Crippen LogP contribution in [0.5, 0.6) is 0 Å². The highest BCUT2D eigenvalue weighted by molar-refractivity contribution is 9.10. The Balaban J connectivity index is 3.05. The third kappa shape index (κ3) is 2.51. The van der Waals surface area contributed by atoms with Gasteiger partial charge in [0.1, 0.15) is 5.92 Å². The molecule has 1 aromatic rings. The summed E-state index contributed by atoms with van der Waals surface area (Å²) >= 11 is 3.09. The number of hydrogen-bond donors (Lipinski definition) is 1. The highest BCUT2D eigenvalue weighted by atomic mass is 79.9. The van der Waals surface area contributed by atoms with Crippen molar-refractivity contribution in [3.05, 3.63) is 34.3 Å². The van der Waals surface area contributed by atoms with Gasteiger partial charge in [0.25, 0.3) is 6.43 Å². The van der Waals surface area contributed by atoms with Gasteiger partial charge in [-0.05, 0) is 17.7 Å². The van der Waals surface area contributed by atoms with E-state index >= 15 is 0 Å². The minimum Gasteiger partial charge on any atom is -0.481 e. The molecule has 76 valence electrons. The van der Waals surface area contributed by atoms with Crippen LogP contribution >= 0.6 is 15.9 Å². The quantitative estimate of drug-likeness (QED) is 0.912. The molecule has 0 aromatic heterocycles. The van der Waals surface area contributed by atoms with E-state index in [2.05, 4.69) is 15.9 Å². The predicted octanol–water partition coefficient (Wildman–Crippen LogP) is 2.88. The van der Waals surface area contributed by atoms with Crippen LogP contribution in [0.4, 0.5) is 8.78 Å². The zero-order valence-corrected chi connectivity index (χ0v) is 8.54. The number of carbonyl (C=O) groups is 1. The maximum absolute atomic E-state index is 12.4. The standard InChI is InChI=1S/C9H7BrF2O2/c10-6-3-1-2-5(4-6)7(8(11)12)9(13)14/h1-4,7-8H,(H,13,14). The second-order valence-electron chi connectivity index (χ2n) is 2.71. The second kappa shape index (κ2) is 4.50. The maximum atomic E-state index is 12.4. The Hall–Kier alpha value is -0.970. The number of aliphatic carboxylic acids is 1. The number of rotatable bonds is 3. The van der Waals surface area contributed by atoms with E-state index in [4.69, 9.17) is 5.11 Å². The topological polar surface area (TPSA) is 37.3 Å². The van der Waals surface area contributed by atoms with Gasteiger partial charge in [0.15, 0.2) is 0 Å². The van der Waals surface area contributed by atoms with E-state index in [1.54, 1.807) is 6.07 Å². The highest BCUT2D eigenvalue weighted by Crippen LogP contribution is 2.25. The van der Waals surface area contributed by atoms with Crippen LogP contribution in [0.3, 0.4) is 0 Å². The van der Waals surface area contributed by atoms with Gasteiger partial charge in [0.2, 0.25) is 0 Å². The van der Waals surface area contributed by atoms with Crippen molar-refractivity contribution in [3.63, 3.8) is 0 Å². The average molecular weight is 265 g/mol. The zero-order valence-electron chi connectivity index (χ0n) is 6.95. The first kappa shape index (κ1) is 11.1. The Morgan fingerprint density at radius 1 is 1.43 bits per heavy atom. The fourth-order valence-corrected chi connectivity index (χ4v) is 1.51. The molecule has 0 aliphatic rings. The molecule has 2 nitrogen and oxygen atoms in total. The smallest absolute Gasteiger partial charge is 0.316 e. The summed E-state index contributed by atoms with van der Waals surface area (Å²) in [5, 5.41) is 8.59. The van der Waals surface area contributed by atoms with Crippen molar-refractivity contribution in [2.45, 2.75) is 12.3 Å². The van der Waals surface area contributed by atoms with Crippen molar-refractivity contribution in [2.24, 2.45) is 0 Å². The van der Waals surface area contributed by atoms with Crippen LogP contribution in [0, 0.1) is 0 Å². The summed E-state index contributed by atoms with van der Waals surface area (Å²) in [4.78, 5) is 10.6. The SMILES string of the molecule is O=C(O)C(c1cccc(Br)c1)C(F)F. The van der Waals surface area contributed by atoms with Gasteiger partial charge < -0.3 is 5.11 Å². The molecule has 0 saturated carbocycles. The van der Waals surface area contributed by atoms with Gasteiger partial charge >= 0.3 is 5.97 Å². The number of halogens is 3. The van der Waals surface area contributed by atoms with Crippen molar-refractivity contribution < 1.29 is 18.7 Å². The molecule has 5 heteroatoms. The lowest BCUT2D eigenvalue weighted by molar-refractivity contribution is -0.142. The summed E-state index contributed by atoms with van der Waals surface area (Å²) in [5.74, 6) is -3.27. The Morgan fingerprint density at radius 3 is 2.50 bits per heavy atom. The fraction of sp³-hybridized carbons (Fsp3) is 0.222. The lowest BCUT2D eigenvalue weighted by Gasteiger charge is -2.11. The molecule has 0 saturated heterocycles. The number of benzene rings is 1. The van der Waals surface area contributed by atoms with Crippen LogP contribution in [0.1, 0.15) is 11.5 Å². The van der Waals surface area contributed by atoms with Gasteiger partial charge in [-0.25, -0.2) is 8.78 Å². The molecule has 0 aliphatic heterocycles. The molecular formula is C9H7BrF2O2. The first-order valence-electron chi connectivity index (χ1n) is 3.79. The van der Waals surface area contributed by atoms with Gasteiger partial charge in [-0.1, -0.05) is 28.1 Å². The van der Waals surface area contributed by atoms with Crippen molar-refractivity contribution in [1.82, 2.24) is 0 Å². The third-order valence-corrected chi connectivity index (χ3v) is 2.22. The molecule has 0 amide bonds. The predicted molar refractivity (Wildman–Crippen MR) is 50.5 cm³/mol. The van der Waals surface area contributed by atoms with Crippen LogP contribution in [-0.2, 0) is 4.79 Å². The first-order chi connectivity index (χ1) is 6.52. The molecule has 0 bridgehead atoms. The summed E-state index contributed by atoms with van der Waals surface area (Å²) in [6.45, 7) is 0. The molecule has 1 atom stereocenters. The molecule has 1 rings (SSSR count). The van der Waals surface area contributed by atoms with Crippen molar-refractivity contribution >= 4 is 21.9 Å². The lowest BCUT2D eigenvalue weighted by atomic mass is 10.0. The van der Waals surface area contributed by atoms with Gasteiger partial charge in [-0.2, -0.15) is 0 Å². The molecular weight excluding hydrogens is 258 g/mol. The van der Waals surface area contributed by atoms with Crippen LogP contribution in [-0.4, -0.2) is 17.5 Å². The fourth-order valence-electron chi connectivity index (χ4n) is 1.10. The molecule has 1 unspecified atom stereocenters. The summed E-state index contributed by atoms with van der Waals surface area (Å²) in [5.41, 5.74) is 0.0990. The molecule has 0 spiro atoms. The number of alkyl halides is 2. The van der Waals surface area contributed by atoms with E-state index in [1.807, 2.05) is 0 Å². The van der Waals surface area contributed by atoms with Gasteiger partial charge in [-0.3, -0.25) is 4.79 Å². The van der Waals surface area contributed by atoms with E-state index in [9.17, 15) is 13.6 Å². The summed E-state index contributed by atoms with van der Waals surface area (Å²) in [6, 6.07) is 5.92. The highest BCUT2D eigenvalue weighted by Gasteiger charge is 2.29. The normalized spacial score (nSPS) is 12.9. The number of carboxylic acids is 1. The summed E-state index contributed by atoms with van der Waals surface area (Å²) in [6.07, 6.45) is -2.90. The maximum Gasteiger partial charge on any atom is 0.316 e. The largest absolute Gasteiger partial charge is 0.481 e. The first-order valence-corrected chi connectivity index (χ1v) is 4.58. The van der Waals surface area contributed by atoms with Gasteiger partial charge in [0.05, 0.1) is 0 Å². The third-order valence-electron chi connectivity index (χ3n) is 1.73. The Labute approximate surface area is 87.7 Å². The number of carboxylic acid groups (broad SMARTS) is 1. The monoisotopic (exact) mass is 264 g/mol. The van der Waals surface area contributed by atoms with E-state index < -0.39 is 18.3 Å². The second-order valence-corrected chi connectivity index (χ2v) is 3.62. The lowest BCUT2D eigenvalue weighted by Crippen LogP contribution is -2.19. The molecule has 0 heterocycles. The Kier molecular flexibility index (Phi) is 3.57. The molecule has 0 radical (unpaired) electrons. The van der Waals surface area contributed by atoms with Crippen molar-refractivity contribution in [1.29, 1.82) is 0 Å². The molecule has 1 aromatic carbocycles. The molecule has 14 heavy (non-hydrogen) atoms. The van der Waals surface area contributed by atoms with E-state index in [0.29, 0.717) is 4.47 Å². The Morgan fingerprint density at radius 2 is 2.07 bits per heavy atom. The Bertz CT molecular complexity index is 341. The van der Waals surface area contributed by atoms with Crippen molar-refractivity contribution in [3.8, 4) is 0 Å². The number of hydrogen-bond acceptors (Lipinski definition) is 1. The van der Waals surface area contributed by atoms with Gasteiger partial charge in [0, 0.05) is 4.47 Å².